The van der Waals surface area contributed by atoms with Gasteiger partial charge in [0.25, 0.3) is 0 Å². The van der Waals surface area contributed by atoms with Gasteiger partial charge in [0.05, 0.1) is 5.56 Å². The van der Waals surface area contributed by atoms with Crippen molar-refractivity contribution in [2.24, 2.45) is 0 Å². The number of carbonyl (C=O) groups is 1. The molecule has 0 unspecified atom stereocenters. The van der Waals surface area contributed by atoms with E-state index in [1.807, 2.05) is 6.92 Å². The van der Waals surface area contributed by atoms with E-state index in [0.29, 0.717) is 6.61 Å². The molecule has 0 saturated carbocycles. The number of benzene rings is 3. The van der Waals surface area contributed by atoms with Crippen LogP contribution in [0.1, 0.15) is 52.0 Å². The van der Waals surface area contributed by atoms with Crippen LogP contribution >= 0.6 is 0 Å². The van der Waals surface area contributed by atoms with Crippen molar-refractivity contribution in [1.82, 2.24) is 0 Å². The average molecular weight is 328 g/mol. The zero-order chi connectivity index (χ0) is 17.5. The maximum Gasteiger partial charge on any atom is 0.339 e. The Balaban J connectivity index is 2.02. The predicted octanol–water partition coefficient (Wildman–Crippen LogP) is 5.43. The Morgan fingerprint density at radius 1 is 0.880 bits per heavy atom. The summed E-state index contributed by atoms with van der Waals surface area (Å²) < 4.78 is 5.41. The van der Waals surface area contributed by atoms with Crippen molar-refractivity contribution in [3.8, 4) is 11.1 Å². The summed E-state index contributed by atoms with van der Waals surface area (Å²) in [6.45, 7) is 9.17. The minimum atomic E-state index is -0.182. The number of hydrogen-bond donors (Lipinski definition) is 0. The number of fused-ring (bicyclic) bond motifs is 7. The first kappa shape index (κ1) is 14.7. The molecule has 3 aromatic carbocycles. The molecule has 5 rings (SSSR count). The second-order valence-electron chi connectivity index (χ2n) is 7.83. The molecule has 1 heterocycles. The molecule has 0 amide bonds. The fourth-order valence-electron chi connectivity index (χ4n) is 4.77. The van der Waals surface area contributed by atoms with Crippen LogP contribution in [0.25, 0.3) is 21.9 Å². The topological polar surface area (TPSA) is 26.3 Å². The highest BCUT2D eigenvalue weighted by atomic mass is 16.5. The number of aryl methyl sites for hydroxylation is 2. The van der Waals surface area contributed by atoms with E-state index in [-0.39, 0.29) is 11.4 Å². The van der Waals surface area contributed by atoms with Crippen LogP contribution in [0, 0.1) is 13.8 Å². The molecule has 0 fully saturated rings. The highest BCUT2D eigenvalue weighted by Gasteiger charge is 2.41. The summed E-state index contributed by atoms with van der Waals surface area (Å²) >= 11 is 0. The van der Waals surface area contributed by atoms with Crippen molar-refractivity contribution >= 4 is 16.7 Å². The molecule has 0 radical (unpaired) electrons. The van der Waals surface area contributed by atoms with Crippen molar-refractivity contribution in [3.05, 3.63) is 69.8 Å². The van der Waals surface area contributed by atoms with Gasteiger partial charge in [-0.15, -0.1) is 0 Å². The van der Waals surface area contributed by atoms with E-state index in [2.05, 4.69) is 57.2 Å². The first-order valence-corrected chi connectivity index (χ1v) is 8.78. The molecular formula is C23H20O2. The second-order valence-corrected chi connectivity index (χ2v) is 7.83. The van der Waals surface area contributed by atoms with Crippen molar-refractivity contribution < 1.29 is 9.53 Å². The van der Waals surface area contributed by atoms with Gasteiger partial charge in [0.1, 0.15) is 6.61 Å². The standard InChI is InChI=1S/C23H20O2/c1-12-9-17-20(15-8-6-5-7-14(12)15)21-16-11-25-22(24)19(16)13(2)10-18(21)23(17,3)4/h5-10H,11H2,1-4H3. The quantitative estimate of drug-likeness (QED) is 0.514. The maximum atomic E-state index is 12.3. The lowest BCUT2D eigenvalue weighted by molar-refractivity contribution is 0.0535. The van der Waals surface area contributed by atoms with E-state index >= 15 is 0 Å². The lowest BCUT2D eigenvalue weighted by Crippen LogP contribution is -2.16. The third-order valence-corrected chi connectivity index (χ3v) is 6.03. The first-order valence-electron chi connectivity index (χ1n) is 8.78. The molecule has 2 heteroatoms. The minimum Gasteiger partial charge on any atom is -0.457 e. The number of ether oxygens (including phenoxy) is 1. The Morgan fingerprint density at radius 2 is 1.52 bits per heavy atom. The van der Waals surface area contributed by atoms with Crippen LogP contribution in [0.3, 0.4) is 0 Å². The van der Waals surface area contributed by atoms with Gasteiger partial charge in [-0.2, -0.15) is 0 Å². The minimum absolute atomic E-state index is 0.0785. The van der Waals surface area contributed by atoms with Gasteiger partial charge < -0.3 is 4.74 Å². The molecular weight excluding hydrogens is 308 g/mol. The van der Waals surface area contributed by atoms with Crippen LogP contribution in [0.5, 0.6) is 0 Å². The summed E-state index contributed by atoms with van der Waals surface area (Å²) in [4.78, 5) is 12.3. The van der Waals surface area contributed by atoms with Crippen LogP contribution in [0.4, 0.5) is 0 Å². The van der Waals surface area contributed by atoms with E-state index in [1.54, 1.807) is 0 Å². The summed E-state index contributed by atoms with van der Waals surface area (Å²) in [6.07, 6.45) is 0. The molecule has 124 valence electrons. The number of esters is 1. The van der Waals surface area contributed by atoms with Gasteiger partial charge in [-0.3, -0.25) is 0 Å². The summed E-state index contributed by atoms with van der Waals surface area (Å²) in [6, 6.07) is 13.1. The Bertz CT molecular complexity index is 1100. The molecule has 0 atom stereocenters. The van der Waals surface area contributed by atoms with Gasteiger partial charge in [0.15, 0.2) is 0 Å². The van der Waals surface area contributed by atoms with Crippen LogP contribution in [0.15, 0.2) is 36.4 Å². The number of carbonyl (C=O) groups excluding carboxylic acids is 1. The van der Waals surface area contributed by atoms with Crippen LogP contribution in [0.2, 0.25) is 0 Å². The molecule has 0 saturated heterocycles. The van der Waals surface area contributed by atoms with Gasteiger partial charge in [-0.1, -0.05) is 50.2 Å². The third-order valence-electron chi connectivity index (χ3n) is 6.03. The van der Waals surface area contributed by atoms with E-state index < -0.39 is 0 Å². The summed E-state index contributed by atoms with van der Waals surface area (Å²) in [5.74, 6) is -0.182. The van der Waals surface area contributed by atoms with Crippen molar-refractivity contribution in [2.45, 2.75) is 39.7 Å². The van der Waals surface area contributed by atoms with E-state index in [9.17, 15) is 4.79 Å². The Kier molecular flexibility index (Phi) is 2.66. The smallest absolute Gasteiger partial charge is 0.339 e. The first-order chi connectivity index (χ1) is 11.9. The van der Waals surface area contributed by atoms with E-state index in [4.69, 9.17) is 4.74 Å². The van der Waals surface area contributed by atoms with Crippen molar-refractivity contribution in [2.75, 3.05) is 0 Å². The number of cyclic esters (lactones) is 1. The largest absolute Gasteiger partial charge is 0.457 e. The van der Waals surface area contributed by atoms with Crippen molar-refractivity contribution in [1.29, 1.82) is 0 Å². The fraction of sp³-hybridized carbons (Fsp3) is 0.261. The molecule has 0 bridgehead atoms. The lowest BCUT2D eigenvalue weighted by atomic mass is 9.80. The molecule has 0 spiro atoms. The van der Waals surface area contributed by atoms with Gasteiger partial charge in [0.2, 0.25) is 0 Å². The second kappa shape index (κ2) is 4.51. The summed E-state index contributed by atoms with van der Waals surface area (Å²) in [5.41, 5.74) is 9.27. The number of rotatable bonds is 0. The average Bonchev–Trinajstić information content (AvgIpc) is 3.06. The Labute approximate surface area is 147 Å². The monoisotopic (exact) mass is 328 g/mol. The third kappa shape index (κ3) is 1.67. The van der Waals surface area contributed by atoms with Gasteiger partial charge in [-0.05, 0) is 58.0 Å². The fourth-order valence-corrected chi connectivity index (χ4v) is 4.77. The van der Waals surface area contributed by atoms with E-state index in [0.717, 1.165) is 16.7 Å². The molecule has 25 heavy (non-hydrogen) atoms. The zero-order valence-electron chi connectivity index (χ0n) is 15.0. The molecule has 1 aliphatic carbocycles. The predicted molar refractivity (Wildman–Crippen MR) is 100 cm³/mol. The van der Waals surface area contributed by atoms with Crippen molar-refractivity contribution in [3.63, 3.8) is 0 Å². The van der Waals surface area contributed by atoms with Crippen LogP contribution in [-0.2, 0) is 16.8 Å². The Morgan fingerprint density at radius 3 is 2.28 bits per heavy atom. The molecule has 2 nitrogen and oxygen atoms in total. The summed E-state index contributed by atoms with van der Waals surface area (Å²) in [7, 11) is 0. The zero-order valence-corrected chi connectivity index (χ0v) is 15.0. The normalized spacial score (nSPS) is 16.6. The molecule has 3 aromatic rings. The number of hydrogen-bond acceptors (Lipinski definition) is 2. The summed E-state index contributed by atoms with van der Waals surface area (Å²) in [5, 5.41) is 2.55. The molecule has 0 N–H and O–H groups in total. The van der Waals surface area contributed by atoms with Gasteiger partial charge in [-0.25, -0.2) is 4.79 Å². The SMILES string of the molecule is Cc1cc2c(c3c1C(=O)OC3)-c1c(cc(C)c3ccccc13)C2(C)C. The highest BCUT2D eigenvalue weighted by molar-refractivity contribution is 6.07. The molecule has 1 aliphatic heterocycles. The Hall–Kier alpha value is -2.61. The van der Waals surface area contributed by atoms with E-state index in [1.165, 1.54) is 38.6 Å². The molecule has 2 aliphatic rings. The lowest BCUT2D eigenvalue weighted by Gasteiger charge is -2.23. The van der Waals surface area contributed by atoms with Crippen LogP contribution < -0.4 is 0 Å². The van der Waals surface area contributed by atoms with Gasteiger partial charge >= 0.3 is 5.97 Å². The van der Waals surface area contributed by atoms with Crippen LogP contribution in [-0.4, -0.2) is 5.97 Å². The van der Waals surface area contributed by atoms with Gasteiger partial charge in [0, 0.05) is 11.0 Å². The highest BCUT2D eigenvalue weighted by Crippen LogP contribution is 2.54. The maximum absolute atomic E-state index is 12.3. The molecule has 0 aromatic heterocycles.